The molecule has 18 heavy (non-hydrogen) atoms. The highest BCUT2D eigenvalue weighted by molar-refractivity contribution is 6.31. The molecule has 0 spiro atoms. The number of halogens is 1. The van der Waals surface area contributed by atoms with Gasteiger partial charge in [0.1, 0.15) is 6.54 Å². The highest BCUT2D eigenvalue weighted by Gasteiger charge is 2.19. The fourth-order valence-electron chi connectivity index (χ4n) is 1.55. The van der Waals surface area contributed by atoms with Crippen LogP contribution in [0.2, 0.25) is 5.02 Å². The molecule has 0 aliphatic carbocycles. The monoisotopic (exact) mass is 267 g/mol. The lowest BCUT2D eigenvalue weighted by Gasteiger charge is -2.20. The molecule has 0 heterocycles. The van der Waals surface area contributed by atoms with Crippen LogP contribution in [0.5, 0.6) is 0 Å². The van der Waals surface area contributed by atoms with Crippen molar-refractivity contribution in [2.45, 2.75) is 6.92 Å². The zero-order valence-electron chi connectivity index (χ0n) is 10.0. The van der Waals surface area contributed by atoms with Crippen molar-refractivity contribution in [2.24, 2.45) is 0 Å². The van der Waals surface area contributed by atoms with Crippen molar-refractivity contribution in [1.29, 1.82) is 0 Å². The van der Waals surface area contributed by atoms with Gasteiger partial charge in [-0.3, -0.25) is 9.59 Å². The van der Waals surface area contributed by atoms with E-state index in [1.807, 2.05) is 0 Å². The van der Waals surface area contributed by atoms with Gasteiger partial charge in [0, 0.05) is 17.1 Å². The quantitative estimate of drug-likeness (QED) is 0.833. The zero-order chi connectivity index (χ0) is 13.7. The molecule has 0 unspecified atom stereocenters. The molecule has 0 fully saturated rings. The molecule has 96 valence electrons. The van der Waals surface area contributed by atoms with Gasteiger partial charge in [0.2, 0.25) is 0 Å². The van der Waals surface area contributed by atoms with Crippen molar-refractivity contribution in [2.75, 3.05) is 13.1 Å². The van der Waals surface area contributed by atoms with Gasteiger partial charge < -0.3 is 10.0 Å². The molecule has 0 atom stereocenters. The lowest BCUT2D eigenvalue weighted by molar-refractivity contribution is -0.137. The van der Waals surface area contributed by atoms with Crippen molar-refractivity contribution >= 4 is 23.5 Å². The molecule has 0 aliphatic heterocycles. The topological polar surface area (TPSA) is 57.6 Å². The van der Waals surface area contributed by atoms with Gasteiger partial charge >= 0.3 is 5.97 Å². The van der Waals surface area contributed by atoms with E-state index >= 15 is 0 Å². The van der Waals surface area contributed by atoms with E-state index in [9.17, 15) is 9.59 Å². The fraction of sp³-hybridized carbons (Fsp3) is 0.231. The first-order valence-corrected chi connectivity index (χ1v) is 5.72. The number of rotatable bonds is 5. The Kier molecular flexibility index (Phi) is 4.92. The van der Waals surface area contributed by atoms with Gasteiger partial charge in [-0.2, -0.15) is 0 Å². The van der Waals surface area contributed by atoms with E-state index < -0.39 is 5.97 Å². The minimum Gasteiger partial charge on any atom is -0.480 e. The van der Waals surface area contributed by atoms with Crippen molar-refractivity contribution in [3.8, 4) is 0 Å². The summed E-state index contributed by atoms with van der Waals surface area (Å²) in [4.78, 5) is 24.1. The molecular weight excluding hydrogens is 254 g/mol. The Labute approximate surface area is 110 Å². The third kappa shape index (κ3) is 3.34. The van der Waals surface area contributed by atoms with E-state index in [1.54, 1.807) is 25.1 Å². The Morgan fingerprint density at radius 3 is 2.72 bits per heavy atom. The van der Waals surface area contributed by atoms with Gasteiger partial charge in [0.15, 0.2) is 0 Å². The number of nitrogens with zero attached hydrogens (tertiary/aromatic N) is 1. The van der Waals surface area contributed by atoms with E-state index in [0.717, 1.165) is 0 Å². The summed E-state index contributed by atoms with van der Waals surface area (Å²) in [6.07, 6.45) is 1.49. The second-order valence-electron chi connectivity index (χ2n) is 3.78. The molecule has 1 amide bonds. The van der Waals surface area contributed by atoms with E-state index in [1.165, 1.54) is 11.0 Å². The third-order valence-corrected chi connectivity index (χ3v) is 2.87. The molecular formula is C13H14ClNO3. The summed E-state index contributed by atoms with van der Waals surface area (Å²) in [6, 6.07) is 4.97. The summed E-state index contributed by atoms with van der Waals surface area (Å²) < 4.78 is 0. The summed E-state index contributed by atoms with van der Waals surface area (Å²) in [5.74, 6) is -1.43. The fourth-order valence-corrected chi connectivity index (χ4v) is 1.72. The average Bonchev–Trinajstić information content (AvgIpc) is 2.31. The zero-order valence-corrected chi connectivity index (χ0v) is 10.8. The second-order valence-corrected chi connectivity index (χ2v) is 4.19. The summed E-state index contributed by atoms with van der Waals surface area (Å²) >= 11 is 5.94. The van der Waals surface area contributed by atoms with Crippen LogP contribution in [0, 0.1) is 6.92 Å². The van der Waals surface area contributed by atoms with Gasteiger partial charge in [0.25, 0.3) is 5.91 Å². The Bertz CT molecular complexity index is 485. The second kappa shape index (κ2) is 6.21. The molecule has 0 bridgehead atoms. The summed E-state index contributed by atoms with van der Waals surface area (Å²) in [6.45, 7) is 5.05. The number of carboxylic acids is 1. The average molecular weight is 268 g/mol. The maximum absolute atomic E-state index is 12.2. The molecule has 0 saturated heterocycles. The maximum atomic E-state index is 12.2. The Hall–Kier alpha value is -1.81. The van der Waals surface area contributed by atoms with Crippen LogP contribution in [0.4, 0.5) is 0 Å². The summed E-state index contributed by atoms with van der Waals surface area (Å²) in [5, 5.41) is 9.26. The van der Waals surface area contributed by atoms with Crippen molar-refractivity contribution in [3.05, 3.63) is 47.0 Å². The van der Waals surface area contributed by atoms with Crippen LogP contribution < -0.4 is 0 Å². The van der Waals surface area contributed by atoms with E-state index in [0.29, 0.717) is 16.1 Å². The number of aliphatic carboxylic acids is 1. The van der Waals surface area contributed by atoms with E-state index in [4.69, 9.17) is 16.7 Å². The molecule has 1 aromatic carbocycles. The van der Waals surface area contributed by atoms with Crippen LogP contribution >= 0.6 is 11.6 Å². The van der Waals surface area contributed by atoms with E-state index in [-0.39, 0.29) is 19.0 Å². The van der Waals surface area contributed by atoms with Gasteiger partial charge in [-0.05, 0) is 24.6 Å². The van der Waals surface area contributed by atoms with Gasteiger partial charge in [-0.25, -0.2) is 0 Å². The highest BCUT2D eigenvalue weighted by Crippen LogP contribution is 2.20. The van der Waals surface area contributed by atoms with Crippen LogP contribution in [0.1, 0.15) is 15.9 Å². The molecule has 1 N–H and O–H groups in total. The molecule has 0 saturated carbocycles. The van der Waals surface area contributed by atoms with Crippen LogP contribution in [-0.4, -0.2) is 35.0 Å². The summed E-state index contributed by atoms with van der Waals surface area (Å²) in [7, 11) is 0. The maximum Gasteiger partial charge on any atom is 0.323 e. The van der Waals surface area contributed by atoms with Gasteiger partial charge in [0.05, 0.1) is 0 Å². The number of benzene rings is 1. The van der Waals surface area contributed by atoms with Crippen molar-refractivity contribution in [3.63, 3.8) is 0 Å². The molecule has 4 nitrogen and oxygen atoms in total. The predicted octanol–water partition coefficient (Wildman–Crippen LogP) is 2.36. The molecule has 1 rings (SSSR count). The number of hydrogen-bond acceptors (Lipinski definition) is 2. The predicted molar refractivity (Wildman–Crippen MR) is 69.9 cm³/mol. The highest BCUT2D eigenvalue weighted by atomic mass is 35.5. The Morgan fingerprint density at radius 2 is 2.17 bits per heavy atom. The lowest BCUT2D eigenvalue weighted by Crippen LogP contribution is -2.36. The number of hydrogen-bond donors (Lipinski definition) is 1. The van der Waals surface area contributed by atoms with Crippen LogP contribution in [0.3, 0.4) is 0 Å². The summed E-state index contributed by atoms with van der Waals surface area (Å²) in [5.41, 5.74) is 1.05. The third-order valence-electron chi connectivity index (χ3n) is 2.46. The molecule has 1 aromatic rings. The standard InChI is InChI=1S/C13H14ClNO3/c1-3-7-15(8-12(16)17)13(18)10-5-4-6-11(14)9(10)2/h3-6H,1,7-8H2,2H3,(H,16,17). The molecule has 0 aliphatic rings. The van der Waals surface area contributed by atoms with Crippen molar-refractivity contribution < 1.29 is 14.7 Å². The molecule has 5 heteroatoms. The minimum atomic E-state index is -1.06. The minimum absolute atomic E-state index is 0.178. The lowest BCUT2D eigenvalue weighted by atomic mass is 10.1. The SMILES string of the molecule is C=CCN(CC(=O)O)C(=O)c1cccc(Cl)c1C. The normalized spacial score (nSPS) is 9.89. The van der Waals surface area contributed by atoms with Crippen LogP contribution in [0.15, 0.2) is 30.9 Å². The van der Waals surface area contributed by atoms with Crippen molar-refractivity contribution in [1.82, 2.24) is 4.90 Å². The van der Waals surface area contributed by atoms with Gasteiger partial charge in [-0.1, -0.05) is 23.7 Å². The van der Waals surface area contributed by atoms with Crippen LogP contribution in [0.25, 0.3) is 0 Å². The first-order chi connectivity index (χ1) is 8.47. The number of carbonyl (C=O) groups excluding carboxylic acids is 1. The largest absolute Gasteiger partial charge is 0.480 e. The number of carboxylic acid groups (broad SMARTS) is 1. The Balaban J connectivity index is 3.05. The number of carbonyl (C=O) groups is 2. The van der Waals surface area contributed by atoms with Crippen LogP contribution in [-0.2, 0) is 4.79 Å². The molecule has 0 radical (unpaired) electrons. The smallest absolute Gasteiger partial charge is 0.323 e. The first kappa shape index (κ1) is 14.3. The number of amides is 1. The Morgan fingerprint density at radius 1 is 1.50 bits per heavy atom. The van der Waals surface area contributed by atoms with E-state index in [2.05, 4.69) is 6.58 Å². The van der Waals surface area contributed by atoms with Gasteiger partial charge in [-0.15, -0.1) is 6.58 Å². The molecule has 0 aromatic heterocycles. The first-order valence-electron chi connectivity index (χ1n) is 5.34.